The molecule has 9 heteroatoms. The van der Waals surface area contributed by atoms with Crippen LogP contribution in [0.15, 0.2) is 24.4 Å². The lowest BCUT2D eigenvalue weighted by molar-refractivity contribution is -0.123. The van der Waals surface area contributed by atoms with E-state index in [4.69, 9.17) is 0 Å². The van der Waals surface area contributed by atoms with Crippen LogP contribution in [0.2, 0.25) is 0 Å². The van der Waals surface area contributed by atoms with Crippen molar-refractivity contribution in [2.45, 2.75) is 39.3 Å². The highest BCUT2D eigenvalue weighted by atomic mass is 19.2. The number of benzene rings is 1. The summed E-state index contributed by atoms with van der Waals surface area (Å²) in [4.78, 5) is 31.8. The van der Waals surface area contributed by atoms with E-state index >= 15 is 0 Å². The number of urea groups is 1. The Morgan fingerprint density at radius 2 is 1.83 bits per heavy atom. The molecule has 0 saturated carbocycles. The molecule has 0 atom stereocenters. The monoisotopic (exact) mass is 407 g/mol. The fourth-order valence-electron chi connectivity index (χ4n) is 3.23. The van der Waals surface area contributed by atoms with Gasteiger partial charge in [-0.25, -0.2) is 18.5 Å². The number of hydrogen-bond donors (Lipinski definition) is 0. The normalized spacial score (nSPS) is 16.0. The predicted molar refractivity (Wildman–Crippen MR) is 99.0 cm³/mol. The van der Waals surface area contributed by atoms with E-state index in [1.54, 1.807) is 18.3 Å². The molecule has 1 saturated heterocycles. The number of rotatable bonds is 5. The van der Waals surface area contributed by atoms with E-state index in [-0.39, 0.29) is 6.54 Å². The number of aromatic nitrogens is 1. The minimum Gasteiger partial charge on any atom is -0.491 e. The van der Waals surface area contributed by atoms with Crippen molar-refractivity contribution in [3.8, 4) is 5.75 Å². The van der Waals surface area contributed by atoms with Gasteiger partial charge in [0.05, 0.1) is 12.8 Å². The van der Waals surface area contributed by atoms with Gasteiger partial charge in [-0.2, -0.15) is 4.39 Å². The van der Waals surface area contributed by atoms with Crippen LogP contribution in [0.4, 0.5) is 23.7 Å². The zero-order chi connectivity index (χ0) is 21.5. The number of amides is 3. The summed E-state index contributed by atoms with van der Waals surface area (Å²) >= 11 is 0. The molecule has 0 N–H and O–H groups in total. The van der Waals surface area contributed by atoms with Gasteiger partial charge in [0.2, 0.25) is 5.82 Å². The van der Waals surface area contributed by atoms with Crippen LogP contribution >= 0.6 is 0 Å². The Balaban J connectivity index is 2.03. The maximum atomic E-state index is 14.5. The molecule has 0 bridgehead atoms. The van der Waals surface area contributed by atoms with Crippen LogP contribution in [0.1, 0.15) is 32.0 Å². The van der Waals surface area contributed by atoms with Crippen LogP contribution in [-0.2, 0) is 17.8 Å². The zero-order valence-corrected chi connectivity index (χ0v) is 16.4. The first-order chi connectivity index (χ1) is 13.6. The fraction of sp³-hybridized carbons (Fsp3) is 0.350. The van der Waals surface area contributed by atoms with Crippen LogP contribution < -0.4 is 9.64 Å². The largest absolute Gasteiger partial charge is 0.491 e. The Kier molecular flexibility index (Phi) is 5.25. The first kappa shape index (κ1) is 20.6. The Labute approximate surface area is 165 Å². The van der Waals surface area contributed by atoms with Crippen LogP contribution in [-0.4, -0.2) is 34.5 Å². The number of methoxy groups -OCH3 is 1. The highest BCUT2D eigenvalue weighted by molar-refractivity contribution is 6.23. The number of carbonyl (C=O) groups is 2. The Morgan fingerprint density at radius 1 is 1.14 bits per heavy atom. The van der Waals surface area contributed by atoms with Gasteiger partial charge < -0.3 is 9.64 Å². The fourth-order valence-corrected chi connectivity index (χ4v) is 3.23. The summed E-state index contributed by atoms with van der Waals surface area (Å²) in [5.74, 6) is -6.10. The second-order valence-electron chi connectivity index (χ2n) is 7.12. The van der Waals surface area contributed by atoms with Gasteiger partial charge in [-0.15, -0.1) is 0 Å². The molecule has 29 heavy (non-hydrogen) atoms. The number of nitrogens with zero attached hydrogens (tertiary/aromatic N) is 3. The second-order valence-corrected chi connectivity index (χ2v) is 7.12. The summed E-state index contributed by atoms with van der Waals surface area (Å²) in [6.45, 7) is 4.96. The molecule has 2 aromatic rings. The van der Waals surface area contributed by atoms with Crippen LogP contribution in [0.5, 0.6) is 5.75 Å². The lowest BCUT2D eigenvalue weighted by atomic mass is 10.0. The highest BCUT2D eigenvalue weighted by Crippen LogP contribution is 2.38. The van der Waals surface area contributed by atoms with Gasteiger partial charge in [0.1, 0.15) is 5.54 Å². The average Bonchev–Trinajstić information content (AvgIpc) is 2.85. The second kappa shape index (κ2) is 7.38. The molecule has 3 amide bonds. The van der Waals surface area contributed by atoms with Crippen molar-refractivity contribution in [3.63, 3.8) is 0 Å². The minimum atomic E-state index is -1.61. The van der Waals surface area contributed by atoms with Gasteiger partial charge in [-0.05, 0) is 38.0 Å². The highest BCUT2D eigenvalue weighted by Gasteiger charge is 2.52. The van der Waals surface area contributed by atoms with Crippen molar-refractivity contribution in [3.05, 3.63) is 53.1 Å². The lowest BCUT2D eigenvalue weighted by Gasteiger charge is -2.27. The van der Waals surface area contributed by atoms with E-state index in [0.717, 1.165) is 18.4 Å². The van der Waals surface area contributed by atoms with Crippen LogP contribution in [0.25, 0.3) is 0 Å². The molecule has 3 rings (SSSR count). The molecule has 1 aliphatic rings. The third kappa shape index (κ3) is 3.30. The van der Waals surface area contributed by atoms with Gasteiger partial charge in [0.15, 0.2) is 17.4 Å². The Bertz CT molecular complexity index is 994. The molecule has 1 aliphatic heterocycles. The van der Waals surface area contributed by atoms with Gasteiger partial charge in [0, 0.05) is 24.5 Å². The molecular weight excluding hydrogens is 387 g/mol. The summed E-state index contributed by atoms with van der Waals surface area (Å²) in [6.07, 6.45) is 2.28. The smallest absolute Gasteiger partial charge is 0.332 e. The maximum Gasteiger partial charge on any atom is 0.332 e. The van der Waals surface area contributed by atoms with Crippen molar-refractivity contribution in [1.29, 1.82) is 0 Å². The standard InChI is InChI=1S/C20H20F3N3O3/c1-5-12-8-11(6-7-24-12)10-25-19(28)26(18(27)20(25,2)3)14-9-13(21)17(29-4)16(23)15(14)22/h6-9H,5,10H2,1-4H3. The number of anilines is 1. The molecule has 2 heterocycles. The van der Waals surface area contributed by atoms with Crippen molar-refractivity contribution in [2.75, 3.05) is 12.0 Å². The van der Waals surface area contributed by atoms with E-state index in [0.29, 0.717) is 17.4 Å². The summed E-state index contributed by atoms with van der Waals surface area (Å²) in [7, 11) is 0.983. The van der Waals surface area contributed by atoms with Gasteiger partial charge in [0.25, 0.3) is 5.91 Å². The van der Waals surface area contributed by atoms with Crippen LogP contribution in [0, 0.1) is 17.5 Å². The number of ether oxygens (including phenoxy) is 1. The molecule has 1 aromatic carbocycles. The molecule has 0 spiro atoms. The van der Waals surface area contributed by atoms with Crippen molar-refractivity contribution in [1.82, 2.24) is 9.88 Å². The number of pyridine rings is 1. The summed E-state index contributed by atoms with van der Waals surface area (Å²) in [5.41, 5.74) is -0.622. The summed E-state index contributed by atoms with van der Waals surface area (Å²) in [6, 6.07) is 3.19. The van der Waals surface area contributed by atoms with E-state index in [1.807, 2.05) is 6.92 Å². The summed E-state index contributed by atoms with van der Waals surface area (Å²) in [5, 5.41) is 0. The quantitative estimate of drug-likeness (QED) is 0.559. The molecule has 6 nitrogen and oxygen atoms in total. The average molecular weight is 407 g/mol. The number of halogens is 3. The van der Waals surface area contributed by atoms with Gasteiger partial charge in [-0.1, -0.05) is 6.92 Å². The van der Waals surface area contributed by atoms with E-state index in [1.165, 1.54) is 18.7 Å². The molecular formula is C20H20F3N3O3. The third-order valence-corrected chi connectivity index (χ3v) is 4.95. The molecule has 1 fully saturated rings. The molecule has 1 aromatic heterocycles. The predicted octanol–water partition coefficient (Wildman–Crippen LogP) is 3.82. The lowest BCUT2D eigenvalue weighted by Crippen LogP contribution is -2.43. The molecule has 0 unspecified atom stereocenters. The van der Waals surface area contributed by atoms with E-state index in [2.05, 4.69) is 9.72 Å². The Hall–Kier alpha value is -3.10. The first-order valence-corrected chi connectivity index (χ1v) is 8.94. The first-order valence-electron chi connectivity index (χ1n) is 8.94. The third-order valence-electron chi connectivity index (χ3n) is 4.95. The Morgan fingerprint density at radius 3 is 2.45 bits per heavy atom. The van der Waals surface area contributed by atoms with Gasteiger partial charge >= 0.3 is 6.03 Å². The van der Waals surface area contributed by atoms with Crippen molar-refractivity contribution < 1.29 is 27.5 Å². The maximum absolute atomic E-state index is 14.5. The minimum absolute atomic E-state index is 0.0479. The zero-order valence-electron chi connectivity index (χ0n) is 16.4. The number of aryl methyl sites for hydroxylation is 1. The number of imide groups is 1. The van der Waals surface area contributed by atoms with Gasteiger partial charge in [-0.3, -0.25) is 9.78 Å². The summed E-state index contributed by atoms with van der Waals surface area (Å²) < 4.78 is 47.3. The SMILES string of the molecule is CCc1cc(CN2C(=O)N(c3cc(F)c(OC)c(F)c3F)C(=O)C2(C)C)ccn1. The molecule has 154 valence electrons. The van der Waals surface area contributed by atoms with Crippen molar-refractivity contribution in [2.24, 2.45) is 0 Å². The van der Waals surface area contributed by atoms with Crippen LogP contribution in [0.3, 0.4) is 0 Å². The number of hydrogen-bond acceptors (Lipinski definition) is 4. The molecule has 0 radical (unpaired) electrons. The topological polar surface area (TPSA) is 62.7 Å². The number of carbonyl (C=O) groups excluding carboxylic acids is 2. The van der Waals surface area contributed by atoms with Crippen molar-refractivity contribution >= 4 is 17.6 Å². The molecule has 0 aliphatic carbocycles. The van der Waals surface area contributed by atoms with E-state index < -0.39 is 46.4 Å². The van der Waals surface area contributed by atoms with E-state index in [9.17, 15) is 22.8 Å².